The van der Waals surface area contributed by atoms with E-state index in [1.165, 1.54) is 6.92 Å². The number of hydrogen-bond acceptors (Lipinski definition) is 2. The third kappa shape index (κ3) is 3.31. The second-order valence-electron chi connectivity index (χ2n) is 5.37. The highest BCUT2D eigenvalue weighted by molar-refractivity contribution is 5.73. The zero-order valence-electron chi connectivity index (χ0n) is 13.2. The number of benzene rings is 2. The molecule has 0 atom stereocenters. The van der Waals surface area contributed by atoms with E-state index in [2.05, 4.69) is 4.99 Å². The van der Waals surface area contributed by atoms with E-state index in [0.717, 1.165) is 22.6 Å². The maximum absolute atomic E-state index is 11.4. The van der Waals surface area contributed by atoms with Gasteiger partial charge in [0.2, 0.25) is 5.91 Å². The van der Waals surface area contributed by atoms with Crippen LogP contribution in [0.5, 0.6) is 0 Å². The smallest absolute Gasteiger partial charge is 0.305 e. The Hall–Kier alpha value is -2.88. The first-order valence-electron chi connectivity index (χ1n) is 7.50. The van der Waals surface area contributed by atoms with E-state index in [0.29, 0.717) is 12.2 Å². The fourth-order valence-electron chi connectivity index (χ4n) is 2.51. The highest BCUT2D eigenvalue weighted by Gasteiger charge is 2.14. The van der Waals surface area contributed by atoms with Gasteiger partial charge in [-0.3, -0.25) is 9.36 Å². The molecule has 3 rings (SSSR count). The van der Waals surface area contributed by atoms with Crippen LogP contribution in [0.25, 0.3) is 11.3 Å². The first-order valence-corrected chi connectivity index (χ1v) is 7.50. The van der Waals surface area contributed by atoms with Crippen LogP contribution in [0.15, 0.2) is 70.1 Å². The van der Waals surface area contributed by atoms with E-state index in [4.69, 9.17) is 4.42 Å². The van der Waals surface area contributed by atoms with Crippen molar-refractivity contribution in [1.29, 1.82) is 0 Å². The van der Waals surface area contributed by atoms with Crippen molar-refractivity contribution < 1.29 is 9.21 Å². The molecule has 4 heteroatoms. The molecule has 0 radical (unpaired) electrons. The van der Waals surface area contributed by atoms with Crippen LogP contribution in [0.1, 0.15) is 18.2 Å². The second kappa shape index (κ2) is 6.48. The molecule has 116 valence electrons. The molecule has 4 nitrogen and oxygen atoms in total. The Kier molecular flexibility index (Phi) is 4.24. The third-order valence-electron chi connectivity index (χ3n) is 3.63. The molecular weight excluding hydrogens is 288 g/mol. The van der Waals surface area contributed by atoms with Gasteiger partial charge < -0.3 is 4.42 Å². The third-order valence-corrected chi connectivity index (χ3v) is 3.63. The summed E-state index contributed by atoms with van der Waals surface area (Å²) in [5.41, 5.74) is 3.37. The van der Waals surface area contributed by atoms with E-state index in [9.17, 15) is 4.79 Å². The first kappa shape index (κ1) is 15.0. The average Bonchev–Trinajstić information content (AvgIpc) is 2.85. The predicted molar refractivity (Wildman–Crippen MR) is 88.7 cm³/mol. The van der Waals surface area contributed by atoms with Gasteiger partial charge in [-0.1, -0.05) is 60.7 Å². The minimum atomic E-state index is -0.278. The lowest BCUT2D eigenvalue weighted by molar-refractivity contribution is -0.116. The molecule has 1 aromatic heterocycles. The summed E-state index contributed by atoms with van der Waals surface area (Å²) in [5, 5.41) is 0. The summed E-state index contributed by atoms with van der Waals surface area (Å²) in [4.78, 5) is 15.5. The van der Waals surface area contributed by atoms with Crippen molar-refractivity contribution >= 4 is 5.91 Å². The largest absolute Gasteiger partial charge is 0.423 e. The number of oxazole rings is 1. The van der Waals surface area contributed by atoms with Crippen LogP contribution in [-0.4, -0.2) is 10.5 Å². The van der Waals surface area contributed by atoms with Gasteiger partial charge >= 0.3 is 5.68 Å². The molecule has 3 aromatic rings. The van der Waals surface area contributed by atoms with Gasteiger partial charge in [-0.15, -0.1) is 0 Å². The number of hydrogen-bond donors (Lipinski definition) is 0. The van der Waals surface area contributed by atoms with Crippen LogP contribution in [0.2, 0.25) is 0 Å². The number of aromatic nitrogens is 1. The van der Waals surface area contributed by atoms with Gasteiger partial charge in [-0.05, 0) is 12.5 Å². The zero-order valence-corrected chi connectivity index (χ0v) is 13.2. The summed E-state index contributed by atoms with van der Waals surface area (Å²) in [7, 11) is 0. The van der Waals surface area contributed by atoms with Crippen molar-refractivity contribution in [3.63, 3.8) is 0 Å². The van der Waals surface area contributed by atoms with Crippen molar-refractivity contribution in [3.05, 3.63) is 77.6 Å². The van der Waals surface area contributed by atoms with Crippen LogP contribution in [0, 0.1) is 6.92 Å². The van der Waals surface area contributed by atoms with Crippen LogP contribution in [0.3, 0.4) is 0 Å². The molecule has 0 bridgehead atoms. The van der Waals surface area contributed by atoms with Crippen LogP contribution < -0.4 is 5.68 Å². The number of nitrogens with zero attached hydrogens (tertiary/aromatic N) is 2. The molecule has 0 fully saturated rings. The molecule has 0 aliphatic rings. The van der Waals surface area contributed by atoms with Crippen molar-refractivity contribution in [2.45, 2.75) is 20.4 Å². The predicted octanol–water partition coefficient (Wildman–Crippen LogP) is 3.55. The number of carbonyl (C=O) groups is 1. The average molecular weight is 306 g/mol. The van der Waals surface area contributed by atoms with Gasteiger partial charge in [0.05, 0.1) is 12.2 Å². The monoisotopic (exact) mass is 306 g/mol. The van der Waals surface area contributed by atoms with E-state index < -0.39 is 0 Å². The highest BCUT2D eigenvalue weighted by atomic mass is 16.4. The first-order chi connectivity index (χ1) is 11.1. The number of amides is 1. The molecular formula is C19H18N2O2. The quantitative estimate of drug-likeness (QED) is 0.743. The highest BCUT2D eigenvalue weighted by Crippen LogP contribution is 2.22. The topological polar surface area (TPSA) is 47.5 Å². The summed E-state index contributed by atoms with van der Waals surface area (Å²) in [6.45, 7) is 4.01. The van der Waals surface area contributed by atoms with Gasteiger partial charge in [-0.25, -0.2) is 0 Å². The fourth-order valence-corrected chi connectivity index (χ4v) is 2.51. The zero-order chi connectivity index (χ0) is 16.2. The van der Waals surface area contributed by atoms with Crippen molar-refractivity contribution in [1.82, 2.24) is 4.57 Å². The lowest BCUT2D eigenvalue weighted by Gasteiger charge is -2.05. The molecule has 0 spiro atoms. The van der Waals surface area contributed by atoms with Gasteiger partial charge in [-0.2, -0.15) is 4.99 Å². The van der Waals surface area contributed by atoms with Crippen LogP contribution >= 0.6 is 0 Å². The Balaban J connectivity index is 2.14. The SMILES string of the molecule is CC(=O)N=c1oc(-c2ccccc2)c(C)n1Cc1ccccc1. The van der Waals surface area contributed by atoms with Gasteiger partial charge in [0.1, 0.15) is 0 Å². The lowest BCUT2D eigenvalue weighted by Crippen LogP contribution is -2.19. The molecule has 0 unspecified atom stereocenters. The normalized spacial score (nSPS) is 11.7. The molecule has 0 saturated carbocycles. The fraction of sp³-hybridized carbons (Fsp3) is 0.158. The standard InChI is InChI=1S/C19H18N2O2/c1-14-18(17-11-7-4-8-12-17)23-19(20-15(2)22)21(14)13-16-9-5-3-6-10-16/h3-12H,13H2,1-2H3. The summed E-state index contributed by atoms with van der Waals surface area (Å²) in [5.74, 6) is 0.460. The van der Waals surface area contributed by atoms with Gasteiger partial charge in [0, 0.05) is 12.5 Å². The minimum Gasteiger partial charge on any atom is -0.423 e. The molecule has 0 aliphatic carbocycles. The molecule has 0 N–H and O–H groups in total. The van der Waals surface area contributed by atoms with E-state index in [1.807, 2.05) is 72.2 Å². The van der Waals surface area contributed by atoms with E-state index in [1.54, 1.807) is 0 Å². The lowest BCUT2D eigenvalue weighted by atomic mass is 10.1. The van der Waals surface area contributed by atoms with Crippen LogP contribution in [0.4, 0.5) is 0 Å². The number of rotatable bonds is 3. The molecule has 0 aliphatic heterocycles. The molecule has 1 heterocycles. The van der Waals surface area contributed by atoms with E-state index in [-0.39, 0.29) is 5.91 Å². The van der Waals surface area contributed by atoms with Crippen molar-refractivity contribution in [2.24, 2.45) is 4.99 Å². The summed E-state index contributed by atoms with van der Waals surface area (Å²) < 4.78 is 7.82. The molecule has 0 saturated heterocycles. The minimum absolute atomic E-state index is 0.278. The Morgan fingerprint density at radius 3 is 2.26 bits per heavy atom. The summed E-state index contributed by atoms with van der Waals surface area (Å²) >= 11 is 0. The maximum Gasteiger partial charge on any atom is 0.305 e. The maximum atomic E-state index is 11.4. The Morgan fingerprint density at radius 1 is 1.04 bits per heavy atom. The van der Waals surface area contributed by atoms with Gasteiger partial charge in [0.15, 0.2) is 5.76 Å². The van der Waals surface area contributed by atoms with Crippen molar-refractivity contribution in [3.8, 4) is 11.3 Å². The van der Waals surface area contributed by atoms with Gasteiger partial charge in [0.25, 0.3) is 0 Å². The summed E-state index contributed by atoms with van der Waals surface area (Å²) in [6.07, 6.45) is 0. The van der Waals surface area contributed by atoms with E-state index >= 15 is 0 Å². The number of carbonyl (C=O) groups excluding carboxylic acids is 1. The van der Waals surface area contributed by atoms with Crippen molar-refractivity contribution in [2.75, 3.05) is 0 Å². The Labute approximate surface area is 134 Å². The van der Waals surface area contributed by atoms with Crippen LogP contribution in [-0.2, 0) is 11.3 Å². The summed E-state index contributed by atoms with van der Waals surface area (Å²) in [6, 6.07) is 19.9. The molecule has 1 amide bonds. The Bertz CT molecular complexity index is 875. The molecule has 2 aromatic carbocycles. The Morgan fingerprint density at radius 2 is 1.65 bits per heavy atom. The second-order valence-corrected chi connectivity index (χ2v) is 5.37. The molecule has 23 heavy (non-hydrogen) atoms.